The third-order valence-electron chi connectivity index (χ3n) is 4.97. The highest BCUT2D eigenvalue weighted by Crippen LogP contribution is 2.47. The number of carbonyl (C=O) groups is 1. The number of allylic oxidation sites excluding steroid dienone is 4. The summed E-state index contributed by atoms with van der Waals surface area (Å²) < 4.78 is 5.11. The van der Waals surface area contributed by atoms with E-state index in [1.165, 1.54) is 16.7 Å². The maximum atomic E-state index is 12.2. The van der Waals surface area contributed by atoms with Crippen molar-refractivity contribution < 1.29 is 9.53 Å². The molecule has 2 aliphatic rings. The van der Waals surface area contributed by atoms with Crippen molar-refractivity contribution in [1.82, 2.24) is 5.43 Å². The number of fused-ring (bicyclic) bond motifs is 2. The Morgan fingerprint density at radius 3 is 2.54 bits per heavy atom. The summed E-state index contributed by atoms with van der Waals surface area (Å²) in [5.41, 5.74) is 6.92. The van der Waals surface area contributed by atoms with Crippen LogP contribution in [0, 0.1) is 11.8 Å². The number of nitrogens with one attached hydrogen (secondary N) is 1. The van der Waals surface area contributed by atoms with Crippen LogP contribution < -0.4 is 10.2 Å². The summed E-state index contributed by atoms with van der Waals surface area (Å²) in [7, 11) is 1.60. The largest absolute Gasteiger partial charge is 0.497 e. The first kappa shape index (κ1) is 16.3. The minimum Gasteiger partial charge on any atom is -0.497 e. The third kappa shape index (κ3) is 3.06. The van der Waals surface area contributed by atoms with Crippen molar-refractivity contribution >= 4 is 17.7 Å². The van der Waals surface area contributed by atoms with Gasteiger partial charge >= 0.3 is 0 Å². The first-order chi connectivity index (χ1) is 12.8. The van der Waals surface area contributed by atoms with E-state index in [-0.39, 0.29) is 5.91 Å². The van der Waals surface area contributed by atoms with Gasteiger partial charge in [-0.2, -0.15) is 5.10 Å². The Balaban J connectivity index is 1.51. The average Bonchev–Trinajstić information content (AvgIpc) is 3.30. The molecule has 2 aromatic rings. The molecule has 1 N–H and O–H groups in total. The molecule has 0 unspecified atom stereocenters. The fourth-order valence-electron chi connectivity index (χ4n) is 3.69. The monoisotopic (exact) mass is 344 g/mol. The second kappa shape index (κ2) is 7.00. The highest BCUT2D eigenvalue weighted by molar-refractivity contribution is 5.98. The molecule has 1 amide bonds. The van der Waals surface area contributed by atoms with Crippen molar-refractivity contribution in [2.75, 3.05) is 7.11 Å². The molecule has 0 aliphatic heterocycles. The molecule has 2 atom stereocenters. The molecule has 0 saturated carbocycles. The summed E-state index contributed by atoms with van der Waals surface area (Å²) in [4.78, 5) is 12.2. The number of hydrogen-bond donors (Lipinski definition) is 1. The second-order valence-corrected chi connectivity index (χ2v) is 6.50. The number of carbonyl (C=O) groups excluding carboxylic acids is 1. The van der Waals surface area contributed by atoms with E-state index < -0.39 is 0 Å². The summed E-state index contributed by atoms with van der Waals surface area (Å²) >= 11 is 0. The predicted molar refractivity (Wildman–Crippen MR) is 103 cm³/mol. The van der Waals surface area contributed by atoms with E-state index in [4.69, 9.17) is 4.74 Å². The number of rotatable bonds is 5. The summed E-state index contributed by atoms with van der Waals surface area (Å²) in [6.07, 6.45) is 7.42. The minimum atomic E-state index is -0.232. The van der Waals surface area contributed by atoms with Crippen molar-refractivity contribution in [3.05, 3.63) is 83.4 Å². The molecule has 2 aromatic carbocycles. The standard InChI is InChI=1S/C22H20N2O2/c1-26-19-11-9-16(10-12-19)22(25)24-23-14-20-17-7-8-18(13-17)21(20)15-5-3-2-4-6-15/h2-12,14,17-18H,13H2,1H3,(H,24,25)/b23-14-/t17-,18+/m0/s1. The van der Waals surface area contributed by atoms with Crippen LogP contribution >= 0.6 is 0 Å². The SMILES string of the molecule is COc1ccc(C(=O)N/N=C\C2=C(c3ccccc3)[C@@H]3C=C[C@H]2C3)cc1. The summed E-state index contributed by atoms with van der Waals surface area (Å²) in [5.74, 6) is 1.32. The number of nitrogens with zero attached hydrogens (tertiary/aromatic N) is 1. The van der Waals surface area contributed by atoms with Crippen LogP contribution in [0.4, 0.5) is 0 Å². The van der Waals surface area contributed by atoms with E-state index in [2.05, 4.69) is 46.9 Å². The van der Waals surface area contributed by atoms with E-state index in [0.29, 0.717) is 17.4 Å². The maximum absolute atomic E-state index is 12.2. The molecular weight excluding hydrogens is 324 g/mol. The zero-order chi connectivity index (χ0) is 17.9. The van der Waals surface area contributed by atoms with Gasteiger partial charge in [0.1, 0.15) is 5.75 Å². The molecular formula is C22H20N2O2. The number of ether oxygens (including phenoxy) is 1. The molecule has 0 saturated heterocycles. The van der Waals surface area contributed by atoms with Crippen LogP contribution in [0.2, 0.25) is 0 Å². The van der Waals surface area contributed by atoms with Gasteiger partial charge in [-0.15, -0.1) is 0 Å². The van der Waals surface area contributed by atoms with Gasteiger partial charge in [-0.25, -0.2) is 5.43 Å². The first-order valence-electron chi connectivity index (χ1n) is 8.71. The number of hydrogen-bond acceptors (Lipinski definition) is 3. The molecule has 0 radical (unpaired) electrons. The normalized spacial score (nSPS) is 20.8. The number of hydrazone groups is 1. The van der Waals surface area contributed by atoms with Crippen LogP contribution in [-0.2, 0) is 0 Å². The Morgan fingerprint density at radius 2 is 1.81 bits per heavy atom. The Bertz CT molecular complexity index is 895. The highest BCUT2D eigenvalue weighted by atomic mass is 16.5. The van der Waals surface area contributed by atoms with Gasteiger partial charge in [-0.05, 0) is 47.4 Å². The fourth-order valence-corrected chi connectivity index (χ4v) is 3.69. The molecule has 0 heterocycles. The maximum Gasteiger partial charge on any atom is 0.271 e. The van der Waals surface area contributed by atoms with Crippen molar-refractivity contribution in [3.8, 4) is 5.75 Å². The Kier molecular flexibility index (Phi) is 4.40. The summed E-state index contributed by atoms with van der Waals surface area (Å²) in [6.45, 7) is 0. The summed E-state index contributed by atoms with van der Waals surface area (Å²) in [5, 5.41) is 4.22. The molecule has 130 valence electrons. The second-order valence-electron chi connectivity index (χ2n) is 6.50. The number of methoxy groups -OCH3 is 1. The molecule has 2 aliphatic carbocycles. The predicted octanol–water partition coefficient (Wildman–Crippen LogP) is 4.07. The van der Waals surface area contributed by atoms with Crippen molar-refractivity contribution in [2.24, 2.45) is 16.9 Å². The smallest absolute Gasteiger partial charge is 0.271 e. The lowest BCUT2D eigenvalue weighted by molar-refractivity contribution is 0.0955. The molecule has 0 aromatic heterocycles. The average molecular weight is 344 g/mol. The fraction of sp³-hybridized carbons (Fsp3) is 0.182. The van der Waals surface area contributed by atoms with Crippen LogP contribution in [0.3, 0.4) is 0 Å². The van der Waals surface area contributed by atoms with Gasteiger partial charge in [-0.3, -0.25) is 4.79 Å². The minimum absolute atomic E-state index is 0.232. The van der Waals surface area contributed by atoms with Crippen LogP contribution in [0.25, 0.3) is 5.57 Å². The lowest BCUT2D eigenvalue weighted by atomic mass is 9.92. The zero-order valence-corrected chi connectivity index (χ0v) is 14.6. The quantitative estimate of drug-likeness (QED) is 0.505. The van der Waals surface area contributed by atoms with Crippen LogP contribution in [-0.4, -0.2) is 19.2 Å². The van der Waals surface area contributed by atoms with Gasteiger partial charge in [0, 0.05) is 17.4 Å². The Morgan fingerprint density at radius 1 is 1.08 bits per heavy atom. The van der Waals surface area contributed by atoms with Crippen LogP contribution in [0.15, 0.2) is 77.4 Å². The molecule has 2 bridgehead atoms. The van der Waals surface area contributed by atoms with E-state index in [1.54, 1.807) is 37.6 Å². The number of amides is 1. The van der Waals surface area contributed by atoms with Gasteiger partial charge < -0.3 is 4.74 Å². The highest BCUT2D eigenvalue weighted by Gasteiger charge is 2.34. The molecule has 4 nitrogen and oxygen atoms in total. The van der Waals surface area contributed by atoms with Crippen molar-refractivity contribution in [2.45, 2.75) is 6.42 Å². The van der Waals surface area contributed by atoms with E-state index in [9.17, 15) is 4.79 Å². The van der Waals surface area contributed by atoms with E-state index in [0.717, 1.165) is 12.2 Å². The van der Waals surface area contributed by atoms with Crippen LogP contribution in [0.1, 0.15) is 22.3 Å². The van der Waals surface area contributed by atoms with Gasteiger partial charge in [0.25, 0.3) is 5.91 Å². The topological polar surface area (TPSA) is 50.7 Å². The number of benzene rings is 2. The van der Waals surface area contributed by atoms with Gasteiger partial charge in [-0.1, -0.05) is 42.5 Å². The lowest BCUT2D eigenvalue weighted by Crippen LogP contribution is -2.18. The van der Waals surface area contributed by atoms with E-state index in [1.807, 2.05) is 6.07 Å². The molecule has 4 heteroatoms. The third-order valence-corrected chi connectivity index (χ3v) is 4.97. The van der Waals surface area contributed by atoms with Crippen LogP contribution in [0.5, 0.6) is 5.75 Å². The van der Waals surface area contributed by atoms with E-state index >= 15 is 0 Å². The molecule has 0 spiro atoms. The summed E-state index contributed by atoms with van der Waals surface area (Å²) in [6, 6.07) is 17.4. The Labute approximate surface area is 152 Å². The van der Waals surface area contributed by atoms with Crippen molar-refractivity contribution in [1.29, 1.82) is 0 Å². The van der Waals surface area contributed by atoms with Gasteiger partial charge in [0.15, 0.2) is 0 Å². The molecule has 0 fully saturated rings. The Hall–Kier alpha value is -3.14. The van der Waals surface area contributed by atoms with Gasteiger partial charge in [0.2, 0.25) is 0 Å². The zero-order valence-electron chi connectivity index (χ0n) is 14.6. The molecule has 26 heavy (non-hydrogen) atoms. The van der Waals surface area contributed by atoms with Crippen molar-refractivity contribution in [3.63, 3.8) is 0 Å². The van der Waals surface area contributed by atoms with Gasteiger partial charge in [0.05, 0.1) is 13.3 Å². The lowest BCUT2D eigenvalue weighted by Gasteiger charge is -2.13. The molecule has 4 rings (SSSR count). The first-order valence-corrected chi connectivity index (χ1v) is 8.71.